The predicted molar refractivity (Wildman–Crippen MR) is 103 cm³/mol. The monoisotopic (exact) mass is 368 g/mol. The summed E-state index contributed by atoms with van der Waals surface area (Å²) >= 11 is 5.42. The lowest BCUT2D eigenvalue weighted by Crippen LogP contribution is -2.42. The lowest BCUT2D eigenvalue weighted by atomic mass is 10.1. The van der Waals surface area contributed by atoms with Crippen molar-refractivity contribution >= 4 is 45.8 Å². The molecule has 0 aliphatic rings. The Morgan fingerprint density at radius 3 is 2.50 bits per heavy atom. The SMILES string of the molecule is Cc1ccc(Nc2cc(C(=O)NNC(=O)CCl)c3ccccc3n2)cc1. The van der Waals surface area contributed by atoms with Crippen LogP contribution in [0.1, 0.15) is 15.9 Å². The summed E-state index contributed by atoms with van der Waals surface area (Å²) in [6.45, 7) is 2.01. The van der Waals surface area contributed by atoms with E-state index >= 15 is 0 Å². The second-order valence-corrected chi connectivity index (χ2v) is 5.97. The van der Waals surface area contributed by atoms with Crippen LogP contribution in [0.15, 0.2) is 54.6 Å². The van der Waals surface area contributed by atoms with Gasteiger partial charge in [0.2, 0.25) is 0 Å². The number of amides is 2. The van der Waals surface area contributed by atoms with Crippen LogP contribution in [0, 0.1) is 6.92 Å². The fraction of sp³-hybridized carbons (Fsp3) is 0.105. The third-order valence-electron chi connectivity index (χ3n) is 3.72. The van der Waals surface area contributed by atoms with Gasteiger partial charge in [0.25, 0.3) is 11.8 Å². The Hall–Kier alpha value is -3.12. The van der Waals surface area contributed by atoms with Crippen LogP contribution in [0.2, 0.25) is 0 Å². The topological polar surface area (TPSA) is 83.1 Å². The third-order valence-corrected chi connectivity index (χ3v) is 3.96. The van der Waals surface area contributed by atoms with E-state index in [2.05, 4.69) is 21.2 Å². The Labute approximate surface area is 155 Å². The molecule has 0 fully saturated rings. The molecule has 0 spiro atoms. The highest BCUT2D eigenvalue weighted by Gasteiger charge is 2.14. The summed E-state index contributed by atoms with van der Waals surface area (Å²) in [5.74, 6) is -0.649. The fourth-order valence-electron chi connectivity index (χ4n) is 2.44. The molecular weight excluding hydrogens is 352 g/mol. The molecule has 7 heteroatoms. The number of aryl methyl sites for hydroxylation is 1. The number of nitrogens with zero attached hydrogens (tertiary/aromatic N) is 1. The number of rotatable bonds is 4. The average Bonchev–Trinajstić information content (AvgIpc) is 2.67. The van der Waals surface area contributed by atoms with Gasteiger partial charge in [0.05, 0.1) is 11.1 Å². The minimum atomic E-state index is -0.489. The zero-order chi connectivity index (χ0) is 18.5. The van der Waals surface area contributed by atoms with Gasteiger partial charge in [-0.1, -0.05) is 35.9 Å². The molecule has 0 atom stereocenters. The lowest BCUT2D eigenvalue weighted by molar-refractivity contribution is -0.119. The number of para-hydroxylation sites is 1. The molecule has 0 bridgehead atoms. The number of anilines is 2. The number of halogens is 1. The summed E-state index contributed by atoms with van der Waals surface area (Å²) in [6, 6.07) is 16.8. The van der Waals surface area contributed by atoms with Crippen molar-refractivity contribution in [1.29, 1.82) is 0 Å². The van der Waals surface area contributed by atoms with Crippen LogP contribution in [0.3, 0.4) is 0 Å². The summed E-state index contributed by atoms with van der Waals surface area (Å²) in [4.78, 5) is 28.3. The third kappa shape index (κ3) is 4.10. The molecule has 26 heavy (non-hydrogen) atoms. The van der Waals surface area contributed by atoms with Crippen molar-refractivity contribution in [1.82, 2.24) is 15.8 Å². The van der Waals surface area contributed by atoms with Gasteiger partial charge >= 0.3 is 0 Å². The number of carbonyl (C=O) groups excluding carboxylic acids is 2. The first-order valence-electron chi connectivity index (χ1n) is 7.95. The summed E-state index contributed by atoms with van der Waals surface area (Å²) in [5.41, 5.74) is 7.69. The maximum Gasteiger partial charge on any atom is 0.270 e. The highest BCUT2D eigenvalue weighted by molar-refractivity contribution is 6.27. The molecule has 2 amide bonds. The fourth-order valence-corrected chi connectivity index (χ4v) is 2.51. The molecule has 0 saturated heterocycles. The number of alkyl halides is 1. The summed E-state index contributed by atoms with van der Waals surface area (Å²) in [5, 5.41) is 3.88. The van der Waals surface area contributed by atoms with E-state index in [4.69, 9.17) is 11.6 Å². The molecule has 2 aromatic carbocycles. The van der Waals surface area contributed by atoms with Crippen LogP contribution in [0.25, 0.3) is 10.9 Å². The molecule has 3 rings (SSSR count). The van der Waals surface area contributed by atoms with E-state index in [0.717, 1.165) is 11.3 Å². The Balaban J connectivity index is 1.94. The van der Waals surface area contributed by atoms with Gasteiger partial charge in [-0.2, -0.15) is 0 Å². The van der Waals surface area contributed by atoms with Gasteiger partial charge in [-0.05, 0) is 31.2 Å². The van der Waals surface area contributed by atoms with Gasteiger partial charge in [-0.15, -0.1) is 11.6 Å². The van der Waals surface area contributed by atoms with Crippen LogP contribution < -0.4 is 16.2 Å². The van der Waals surface area contributed by atoms with Crippen molar-refractivity contribution in [2.24, 2.45) is 0 Å². The number of benzene rings is 2. The average molecular weight is 369 g/mol. The van der Waals surface area contributed by atoms with Crippen molar-refractivity contribution in [2.75, 3.05) is 11.2 Å². The quantitative estimate of drug-likeness (QED) is 0.487. The molecule has 0 unspecified atom stereocenters. The smallest absolute Gasteiger partial charge is 0.270 e. The highest BCUT2D eigenvalue weighted by atomic mass is 35.5. The van der Waals surface area contributed by atoms with Crippen molar-refractivity contribution in [2.45, 2.75) is 6.92 Å². The van der Waals surface area contributed by atoms with Gasteiger partial charge in [0, 0.05) is 11.1 Å². The van der Waals surface area contributed by atoms with Crippen LogP contribution in [-0.2, 0) is 4.79 Å². The molecule has 132 valence electrons. The van der Waals surface area contributed by atoms with E-state index in [0.29, 0.717) is 22.3 Å². The molecule has 1 aromatic heterocycles. The van der Waals surface area contributed by atoms with Crippen molar-refractivity contribution in [3.63, 3.8) is 0 Å². The predicted octanol–water partition coefficient (Wildman–Crippen LogP) is 3.29. The molecular formula is C19H17ClN4O2. The first-order chi connectivity index (χ1) is 12.6. The Morgan fingerprint density at radius 2 is 1.77 bits per heavy atom. The van der Waals surface area contributed by atoms with E-state index in [-0.39, 0.29) is 5.88 Å². The number of pyridine rings is 1. The van der Waals surface area contributed by atoms with Crippen LogP contribution in [-0.4, -0.2) is 22.7 Å². The summed E-state index contributed by atoms with van der Waals surface area (Å²) in [6.07, 6.45) is 0. The lowest BCUT2D eigenvalue weighted by Gasteiger charge is -2.12. The number of hydrogen-bond donors (Lipinski definition) is 3. The van der Waals surface area contributed by atoms with E-state index in [1.165, 1.54) is 0 Å². The largest absolute Gasteiger partial charge is 0.340 e. The second-order valence-electron chi connectivity index (χ2n) is 5.70. The Kier molecular flexibility index (Phi) is 5.34. The molecule has 0 saturated carbocycles. The number of hydrogen-bond acceptors (Lipinski definition) is 4. The standard InChI is InChI=1S/C19H17ClN4O2/c1-12-6-8-13(9-7-12)21-17-10-15(19(26)24-23-18(25)11-20)14-4-2-3-5-16(14)22-17/h2-10H,11H2,1H3,(H,21,22)(H,23,25)(H,24,26). The Bertz CT molecular complexity index is 957. The molecule has 0 aliphatic carbocycles. The number of hydrazine groups is 1. The normalized spacial score (nSPS) is 10.4. The number of fused-ring (bicyclic) bond motifs is 1. The van der Waals surface area contributed by atoms with Crippen molar-refractivity contribution in [3.05, 3.63) is 65.7 Å². The first kappa shape index (κ1) is 17.7. The summed E-state index contributed by atoms with van der Waals surface area (Å²) in [7, 11) is 0. The Morgan fingerprint density at radius 1 is 1.04 bits per heavy atom. The van der Waals surface area contributed by atoms with Crippen molar-refractivity contribution < 1.29 is 9.59 Å². The van der Waals surface area contributed by atoms with Gasteiger partial charge < -0.3 is 5.32 Å². The molecule has 0 radical (unpaired) electrons. The summed E-state index contributed by atoms with van der Waals surface area (Å²) < 4.78 is 0. The molecule has 6 nitrogen and oxygen atoms in total. The van der Waals surface area contributed by atoms with Crippen molar-refractivity contribution in [3.8, 4) is 0 Å². The van der Waals surface area contributed by atoms with Gasteiger partial charge in [0.15, 0.2) is 0 Å². The van der Waals surface area contributed by atoms with E-state index < -0.39 is 11.8 Å². The maximum atomic E-state index is 12.5. The second kappa shape index (κ2) is 7.84. The number of aromatic nitrogens is 1. The zero-order valence-electron chi connectivity index (χ0n) is 14.0. The number of carbonyl (C=O) groups is 2. The molecule has 0 aliphatic heterocycles. The maximum absolute atomic E-state index is 12.5. The van der Waals surface area contributed by atoms with Crippen LogP contribution in [0.5, 0.6) is 0 Å². The van der Waals surface area contributed by atoms with Gasteiger partial charge in [0.1, 0.15) is 11.7 Å². The minimum Gasteiger partial charge on any atom is -0.340 e. The highest BCUT2D eigenvalue weighted by Crippen LogP contribution is 2.23. The van der Waals surface area contributed by atoms with Gasteiger partial charge in [-0.25, -0.2) is 4.98 Å². The molecule has 3 aromatic rings. The number of nitrogens with one attached hydrogen (secondary N) is 3. The molecule has 3 N–H and O–H groups in total. The van der Waals surface area contributed by atoms with E-state index in [1.54, 1.807) is 12.1 Å². The zero-order valence-corrected chi connectivity index (χ0v) is 14.8. The minimum absolute atomic E-state index is 0.238. The van der Waals surface area contributed by atoms with E-state index in [9.17, 15) is 9.59 Å². The first-order valence-corrected chi connectivity index (χ1v) is 8.49. The van der Waals surface area contributed by atoms with Crippen LogP contribution in [0.4, 0.5) is 11.5 Å². The van der Waals surface area contributed by atoms with Crippen LogP contribution >= 0.6 is 11.6 Å². The molecule has 1 heterocycles. The van der Waals surface area contributed by atoms with E-state index in [1.807, 2.05) is 49.4 Å². The van der Waals surface area contributed by atoms with Gasteiger partial charge in [-0.3, -0.25) is 20.4 Å².